The summed E-state index contributed by atoms with van der Waals surface area (Å²) in [5, 5.41) is 107. The Hall–Kier alpha value is -1.88. The molecule has 0 aromatic carbocycles. The van der Waals surface area contributed by atoms with Crippen LogP contribution in [0.1, 0.15) is 120 Å². The van der Waals surface area contributed by atoms with Gasteiger partial charge in [0.05, 0.1) is 24.2 Å². The van der Waals surface area contributed by atoms with E-state index in [2.05, 4.69) is 54.5 Å². The van der Waals surface area contributed by atoms with Gasteiger partial charge in [-0.25, -0.2) is 4.79 Å². The van der Waals surface area contributed by atoms with Crippen LogP contribution in [-0.2, 0) is 38.0 Å². The van der Waals surface area contributed by atoms with Crippen molar-refractivity contribution >= 4 is 11.9 Å². The minimum atomic E-state index is -2.04. The van der Waals surface area contributed by atoms with Gasteiger partial charge in [-0.15, -0.1) is 0 Å². The van der Waals surface area contributed by atoms with Crippen molar-refractivity contribution in [1.29, 1.82) is 0 Å². The average molecular weight is 941 g/mol. The minimum Gasteiger partial charge on any atom is -0.481 e. The maximum absolute atomic E-state index is 13.2. The Morgan fingerprint density at radius 2 is 1.29 bits per heavy atom. The quantitative estimate of drug-likeness (QED) is 0.117. The zero-order valence-electron chi connectivity index (χ0n) is 39.6. The van der Waals surface area contributed by atoms with Crippen molar-refractivity contribution in [3.05, 3.63) is 11.6 Å². The molecular weight excluding hydrogens is 865 g/mol. The molecule has 3 aliphatic heterocycles. The molecule has 7 fully saturated rings. The summed E-state index contributed by atoms with van der Waals surface area (Å²) in [5.41, 5.74) is -0.417. The third-order valence-electron chi connectivity index (χ3n) is 19.3. The van der Waals surface area contributed by atoms with Gasteiger partial charge in [0.2, 0.25) is 0 Å². The summed E-state index contributed by atoms with van der Waals surface area (Å²) in [6.45, 7) is 16.6. The molecule has 10 N–H and O–H groups in total. The Balaban J connectivity index is 1.06. The van der Waals surface area contributed by atoms with Crippen LogP contribution < -0.4 is 0 Å². The Labute approximate surface area is 386 Å². The maximum atomic E-state index is 13.2. The second-order valence-electron chi connectivity index (χ2n) is 23.5. The number of rotatable bonds is 9. The number of aliphatic carboxylic acids is 2. The van der Waals surface area contributed by atoms with Gasteiger partial charge in [-0.2, -0.15) is 0 Å². The molecule has 0 bridgehead atoms. The van der Waals surface area contributed by atoms with E-state index < -0.39 is 128 Å². The first-order valence-electron chi connectivity index (χ1n) is 24.2. The summed E-state index contributed by atoms with van der Waals surface area (Å²) in [7, 11) is 0. The molecule has 18 nitrogen and oxygen atoms in total. The molecule has 0 amide bonds. The fourth-order valence-electron chi connectivity index (χ4n) is 15.0. The SMILES string of the molecule is C[C@@H]1O[C@@H](O[C@H]2[C@H](O[C@H]3[C@H](O[C@H]4CC[C@]5(C)[C@H]6CC=C7[C@@H]8CC(C)(C)CC[C@]8(C(=O)O)CC[C@@]7(C)[C@]6(C)CC[C@H]5C4(C)C)O[C@H](C(=O)O)[C@@H](O)[C@@H]3O)O[C@H](CO)[C@@H](O)[C@@H]2O)[C@H](O)[C@H](O)[C@H]1O. The molecule has 4 saturated carbocycles. The third kappa shape index (κ3) is 7.74. The fraction of sp³-hybridized carbons (Fsp3) is 0.917. The van der Waals surface area contributed by atoms with Gasteiger partial charge in [0.25, 0.3) is 0 Å². The van der Waals surface area contributed by atoms with Gasteiger partial charge in [0, 0.05) is 0 Å². The molecule has 18 heteroatoms. The van der Waals surface area contributed by atoms with Crippen LogP contribution in [0.4, 0.5) is 0 Å². The van der Waals surface area contributed by atoms with Crippen LogP contribution in [0.5, 0.6) is 0 Å². The van der Waals surface area contributed by atoms with Crippen molar-refractivity contribution in [2.75, 3.05) is 6.61 Å². The van der Waals surface area contributed by atoms with Gasteiger partial charge in [-0.1, -0.05) is 60.1 Å². The molecule has 66 heavy (non-hydrogen) atoms. The highest BCUT2D eigenvalue weighted by Crippen LogP contribution is 2.76. The summed E-state index contributed by atoms with van der Waals surface area (Å²) < 4.78 is 36.3. The number of aliphatic hydroxyl groups is 8. The standard InChI is InChI=1S/C48H76O18/c1-21-28(50)30(52)34(56)39(61-21)65-36-31(53)29(51)24(20-49)62-40(36)66-37-33(55)32(54)35(38(57)58)64-41(37)63-27-12-13-45(6)25(44(27,4)5)11-14-47(8)26(45)10-9-22-23-19-43(2,3)15-17-48(23,42(59)60)18-16-46(22,47)7/h9,21,23-37,39-41,49-56H,10-20H2,1-8H3,(H,57,58)(H,59,60)/t21-,23-,24+,25-,26+,27-,28-,29+,30+,31-,32-,33-,34+,35-,36+,37+,39-,40-,41+,45-,46+,47+,48-/m0/s1. The molecule has 0 aromatic heterocycles. The lowest BCUT2D eigenvalue weighted by Crippen LogP contribution is -2.68. The predicted molar refractivity (Wildman–Crippen MR) is 230 cm³/mol. The van der Waals surface area contributed by atoms with Gasteiger partial charge < -0.3 is 79.5 Å². The third-order valence-corrected chi connectivity index (χ3v) is 19.3. The highest BCUT2D eigenvalue weighted by atomic mass is 16.8. The zero-order chi connectivity index (χ0) is 48.4. The number of hydrogen-bond acceptors (Lipinski definition) is 16. The van der Waals surface area contributed by atoms with Gasteiger partial charge in [-0.05, 0) is 116 Å². The number of fused-ring (bicyclic) bond motifs is 7. The summed E-state index contributed by atoms with van der Waals surface area (Å²) in [6.07, 6.45) is -16.3. The van der Waals surface area contributed by atoms with Crippen molar-refractivity contribution in [2.45, 2.75) is 218 Å². The first-order valence-corrected chi connectivity index (χ1v) is 24.2. The highest BCUT2D eigenvalue weighted by Gasteiger charge is 2.70. The summed E-state index contributed by atoms with van der Waals surface area (Å²) in [4.78, 5) is 25.6. The van der Waals surface area contributed by atoms with Gasteiger partial charge in [-0.3, -0.25) is 4.79 Å². The first kappa shape index (κ1) is 50.5. The summed E-state index contributed by atoms with van der Waals surface area (Å²) in [5.74, 6) is -1.89. The molecule has 8 rings (SSSR count). The summed E-state index contributed by atoms with van der Waals surface area (Å²) >= 11 is 0. The van der Waals surface area contributed by atoms with Crippen LogP contribution in [0.2, 0.25) is 0 Å². The van der Waals surface area contributed by atoms with Crippen LogP contribution in [-0.4, -0.2) is 168 Å². The molecular formula is C48H76O18. The van der Waals surface area contributed by atoms with E-state index in [1.807, 2.05) is 0 Å². The van der Waals surface area contributed by atoms with Crippen molar-refractivity contribution in [3.8, 4) is 0 Å². The van der Waals surface area contributed by atoms with Crippen LogP contribution >= 0.6 is 0 Å². The topological polar surface area (TPSA) is 292 Å². The smallest absolute Gasteiger partial charge is 0.335 e. The molecule has 0 unspecified atom stereocenters. The molecule has 0 radical (unpaired) electrons. The lowest BCUT2D eigenvalue weighted by molar-refractivity contribution is -0.395. The number of aliphatic hydroxyl groups excluding tert-OH is 8. The van der Waals surface area contributed by atoms with E-state index in [4.69, 9.17) is 28.4 Å². The Kier molecular flexibility index (Phi) is 13.4. The van der Waals surface area contributed by atoms with E-state index in [0.717, 1.165) is 44.9 Å². The van der Waals surface area contributed by atoms with Gasteiger partial charge in [0.15, 0.2) is 25.0 Å². The van der Waals surface area contributed by atoms with Crippen LogP contribution in [0.3, 0.4) is 0 Å². The van der Waals surface area contributed by atoms with Gasteiger partial charge >= 0.3 is 11.9 Å². The van der Waals surface area contributed by atoms with E-state index in [1.54, 1.807) is 0 Å². The largest absolute Gasteiger partial charge is 0.481 e. The van der Waals surface area contributed by atoms with E-state index in [9.17, 15) is 60.7 Å². The first-order chi connectivity index (χ1) is 30.7. The van der Waals surface area contributed by atoms with Crippen LogP contribution in [0.15, 0.2) is 11.6 Å². The van der Waals surface area contributed by atoms with Crippen LogP contribution in [0.25, 0.3) is 0 Å². The number of carbonyl (C=O) groups is 2. The Bertz CT molecular complexity index is 1860. The lowest BCUT2D eigenvalue weighted by Gasteiger charge is -2.71. The predicted octanol–water partition coefficient (Wildman–Crippen LogP) is 1.83. The fourth-order valence-corrected chi connectivity index (χ4v) is 15.0. The van der Waals surface area contributed by atoms with Crippen molar-refractivity contribution in [1.82, 2.24) is 0 Å². The molecule has 376 valence electrons. The Morgan fingerprint density at radius 1 is 0.667 bits per heavy atom. The minimum absolute atomic E-state index is 0.0166. The number of carboxylic acid groups (broad SMARTS) is 2. The van der Waals surface area contributed by atoms with E-state index in [1.165, 1.54) is 12.5 Å². The number of carboxylic acids is 2. The molecule has 5 aliphatic carbocycles. The monoisotopic (exact) mass is 941 g/mol. The normalized spacial score (nSPS) is 53.3. The second-order valence-corrected chi connectivity index (χ2v) is 23.5. The van der Waals surface area contributed by atoms with E-state index >= 15 is 0 Å². The average Bonchev–Trinajstić information content (AvgIpc) is 3.24. The molecule has 3 saturated heterocycles. The maximum Gasteiger partial charge on any atom is 0.335 e. The molecule has 8 aliphatic rings. The molecule has 3 heterocycles. The number of allylic oxidation sites excluding steroid dienone is 2. The highest BCUT2D eigenvalue weighted by molar-refractivity contribution is 5.76. The van der Waals surface area contributed by atoms with E-state index in [0.29, 0.717) is 19.3 Å². The lowest BCUT2D eigenvalue weighted by atomic mass is 9.33. The van der Waals surface area contributed by atoms with Crippen molar-refractivity contribution in [3.63, 3.8) is 0 Å². The van der Waals surface area contributed by atoms with E-state index in [-0.39, 0.29) is 39.4 Å². The van der Waals surface area contributed by atoms with Gasteiger partial charge in [0.1, 0.15) is 61.0 Å². The van der Waals surface area contributed by atoms with Crippen molar-refractivity contribution < 1.29 is 89.1 Å². The molecule has 0 spiro atoms. The zero-order valence-corrected chi connectivity index (χ0v) is 39.6. The Morgan fingerprint density at radius 3 is 1.92 bits per heavy atom. The molecule has 0 aromatic rings. The van der Waals surface area contributed by atoms with Crippen molar-refractivity contribution in [2.24, 2.45) is 50.2 Å². The summed E-state index contributed by atoms with van der Waals surface area (Å²) in [6, 6.07) is 0. The second kappa shape index (κ2) is 17.5. The molecule has 23 atom stereocenters. The number of ether oxygens (including phenoxy) is 6. The van der Waals surface area contributed by atoms with Crippen LogP contribution in [0, 0.1) is 50.2 Å². The number of hydrogen-bond donors (Lipinski definition) is 10.